The van der Waals surface area contributed by atoms with Crippen molar-refractivity contribution in [3.8, 4) is 17.1 Å². The maximum absolute atomic E-state index is 12.6. The molecule has 0 N–H and O–H groups in total. The van der Waals surface area contributed by atoms with Crippen LogP contribution >= 0.6 is 11.6 Å². The van der Waals surface area contributed by atoms with Crippen molar-refractivity contribution in [1.29, 1.82) is 0 Å². The summed E-state index contributed by atoms with van der Waals surface area (Å²) < 4.78 is 47.9. The first-order chi connectivity index (χ1) is 14.3. The Balaban J connectivity index is 1.37. The number of likely N-dealkylation sites (tertiary alicyclic amines) is 1. The summed E-state index contributed by atoms with van der Waals surface area (Å²) >= 11 is 5.85. The van der Waals surface area contributed by atoms with Gasteiger partial charge in [0.05, 0.1) is 6.54 Å². The van der Waals surface area contributed by atoms with Gasteiger partial charge in [-0.2, -0.15) is 18.2 Å². The quantitative estimate of drug-likeness (QED) is 0.591. The lowest BCUT2D eigenvalue weighted by Gasteiger charge is -2.17. The second-order valence-corrected chi connectivity index (χ2v) is 7.17. The number of carbonyl (C=O) groups excluding carboxylic acids is 1. The van der Waals surface area contributed by atoms with E-state index in [1.54, 1.807) is 53.4 Å². The van der Waals surface area contributed by atoms with Crippen LogP contribution in [0.3, 0.4) is 0 Å². The van der Waals surface area contributed by atoms with Gasteiger partial charge in [0, 0.05) is 29.1 Å². The van der Waals surface area contributed by atoms with Crippen LogP contribution in [0.2, 0.25) is 5.02 Å². The zero-order valence-electron chi connectivity index (χ0n) is 15.4. The Kier molecular flexibility index (Phi) is 5.38. The number of benzene rings is 2. The molecule has 3 aromatic rings. The average Bonchev–Trinajstić information content (AvgIpc) is 3.38. The second-order valence-electron chi connectivity index (χ2n) is 6.73. The Labute approximate surface area is 174 Å². The first kappa shape index (κ1) is 20.2. The van der Waals surface area contributed by atoms with Crippen molar-refractivity contribution in [2.24, 2.45) is 0 Å². The number of alkyl halides is 3. The molecule has 1 saturated heterocycles. The van der Waals surface area contributed by atoms with Crippen LogP contribution in [0.5, 0.6) is 5.75 Å². The Morgan fingerprint density at radius 2 is 1.83 bits per heavy atom. The first-order valence-electron chi connectivity index (χ1n) is 9.02. The number of rotatable bonds is 4. The van der Waals surface area contributed by atoms with Gasteiger partial charge >= 0.3 is 12.1 Å². The molecule has 10 heteroatoms. The van der Waals surface area contributed by atoms with Gasteiger partial charge in [0.25, 0.3) is 5.91 Å². The zero-order chi connectivity index (χ0) is 21.3. The summed E-state index contributed by atoms with van der Waals surface area (Å²) in [4.78, 5) is 17.6. The number of amides is 1. The van der Waals surface area contributed by atoms with Crippen LogP contribution in [0.1, 0.15) is 22.7 Å². The third-order valence-corrected chi connectivity index (χ3v) is 4.86. The summed E-state index contributed by atoms with van der Waals surface area (Å²) in [5.41, 5.74) is 0.926. The van der Waals surface area contributed by atoms with E-state index in [-0.39, 0.29) is 17.8 Å². The minimum absolute atomic E-state index is 0.0920. The molecule has 6 nitrogen and oxygen atoms in total. The molecule has 1 amide bonds. The third kappa shape index (κ3) is 4.40. The molecule has 156 valence electrons. The minimum atomic E-state index is -4.69. The van der Waals surface area contributed by atoms with Gasteiger partial charge < -0.3 is 14.2 Å². The van der Waals surface area contributed by atoms with Crippen molar-refractivity contribution in [2.45, 2.75) is 18.7 Å². The average molecular weight is 438 g/mol. The highest BCUT2D eigenvalue weighted by molar-refractivity contribution is 6.30. The van der Waals surface area contributed by atoms with Crippen molar-refractivity contribution in [3.63, 3.8) is 0 Å². The number of aromatic nitrogens is 2. The molecule has 0 spiro atoms. The zero-order valence-corrected chi connectivity index (χ0v) is 16.2. The molecule has 0 saturated carbocycles. The van der Waals surface area contributed by atoms with Crippen LogP contribution < -0.4 is 4.74 Å². The van der Waals surface area contributed by atoms with Gasteiger partial charge in [-0.15, -0.1) is 0 Å². The predicted octanol–water partition coefficient (Wildman–Crippen LogP) is 4.70. The largest absolute Gasteiger partial charge is 0.489 e. The highest BCUT2D eigenvalue weighted by atomic mass is 35.5. The Hall–Kier alpha value is -3.07. The Bertz CT molecular complexity index is 1040. The van der Waals surface area contributed by atoms with Crippen LogP contribution in [0.15, 0.2) is 53.1 Å². The molecule has 0 bridgehead atoms. The molecule has 1 aliphatic rings. The first-order valence-corrected chi connectivity index (χ1v) is 9.40. The maximum atomic E-state index is 12.6. The van der Waals surface area contributed by atoms with Gasteiger partial charge in [-0.25, -0.2) is 0 Å². The molecular weight excluding hydrogens is 423 g/mol. The molecule has 0 aliphatic carbocycles. The highest BCUT2D eigenvalue weighted by Gasteiger charge is 2.38. The lowest BCUT2D eigenvalue weighted by Crippen LogP contribution is -2.30. The number of ether oxygens (including phenoxy) is 1. The summed E-state index contributed by atoms with van der Waals surface area (Å²) in [7, 11) is 0. The normalized spacial score (nSPS) is 16.7. The van der Waals surface area contributed by atoms with Crippen LogP contribution in [0.4, 0.5) is 13.2 Å². The molecule has 0 radical (unpaired) electrons. The monoisotopic (exact) mass is 437 g/mol. The topological polar surface area (TPSA) is 68.5 Å². The fourth-order valence-electron chi connectivity index (χ4n) is 3.11. The molecular formula is C20H15ClF3N3O3. The van der Waals surface area contributed by atoms with Crippen molar-refractivity contribution in [1.82, 2.24) is 15.0 Å². The van der Waals surface area contributed by atoms with E-state index in [2.05, 4.69) is 14.7 Å². The van der Waals surface area contributed by atoms with Crippen LogP contribution in [-0.4, -0.2) is 40.1 Å². The number of hydrogen-bond acceptors (Lipinski definition) is 5. The van der Waals surface area contributed by atoms with E-state index in [9.17, 15) is 18.0 Å². The summed E-state index contributed by atoms with van der Waals surface area (Å²) in [5, 5.41) is 3.91. The van der Waals surface area contributed by atoms with Gasteiger partial charge in [0.15, 0.2) is 0 Å². The lowest BCUT2D eigenvalue weighted by atomic mass is 10.2. The third-order valence-electron chi connectivity index (χ3n) is 4.61. The molecule has 1 unspecified atom stereocenters. The van der Waals surface area contributed by atoms with E-state index in [0.717, 1.165) is 0 Å². The van der Waals surface area contributed by atoms with E-state index in [4.69, 9.17) is 16.3 Å². The summed E-state index contributed by atoms with van der Waals surface area (Å²) in [6, 6.07) is 13.0. The van der Waals surface area contributed by atoms with E-state index < -0.39 is 12.1 Å². The predicted molar refractivity (Wildman–Crippen MR) is 101 cm³/mol. The van der Waals surface area contributed by atoms with Gasteiger partial charge in [0.2, 0.25) is 5.82 Å². The molecule has 4 rings (SSSR count). The molecule has 2 aromatic carbocycles. The highest BCUT2D eigenvalue weighted by Crippen LogP contribution is 2.30. The smallest absolute Gasteiger partial charge is 0.471 e. The van der Waals surface area contributed by atoms with Crippen molar-refractivity contribution >= 4 is 17.5 Å². The molecule has 30 heavy (non-hydrogen) atoms. The number of nitrogens with zero attached hydrogens (tertiary/aromatic N) is 3. The maximum Gasteiger partial charge on any atom is 0.471 e. The standard InChI is InChI=1S/C20H15ClF3N3O3/c21-14-5-1-13(2-6-14)18(28)27-10-9-16(11-27)29-15-7-3-12(4-8-15)17-25-19(30-26-17)20(22,23)24/h1-8,16H,9-11H2. The van der Waals surface area contributed by atoms with Gasteiger partial charge in [0.1, 0.15) is 11.9 Å². The summed E-state index contributed by atoms with van der Waals surface area (Å²) in [6.45, 7) is 0.996. The Morgan fingerprint density at radius 3 is 2.47 bits per heavy atom. The van der Waals surface area contributed by atoms with Crippen LogP contribution in [-0.2, 0) is 6.18 Å². The lowest BCUT2D eigenvalue weighted by molar-refractivity contribution is -0.159. The molecule has 1 fully saturated rings. The van der Waals surface area contributed by atoms with Crippen molar-refractivity contribution in [2.75, 3.05) is 13.1 Å². The van der Waals surface area contributed by atoms with E-state index in [0.29, 0.717) is 41.4 Å². The molecule has 1 aromatic heterocycles. The fraction of sp³-hybridized carbons (Fsp3) is 0.250. The van der Waals surface area contributed by atoms with Gasteiger partial charge in [-0.3, -0.25) is 4.79 Å². The summed E-state index contributed by atoms with van der Waals surface area (Å²) in [6.07, 6.45) is -4.21. The molecule has 1 atom stereocenters. The van der Waals surface area contributed by atoms with E-state index in [1.165, 1.54) is 0 Å². The second kappa shape index (κ2) is 7.98. The van der Waals surface area contributed by atoms with Crippen LogP contribution in [0.25, 0.3) is 11.4 Å². The minimum Gasteiger partial charge on any atom is -0.489 e. The van der Waals surface area contributed by atoms with E-state index in [1.807, 2.05) is 0 Å². The number of hydrogen-bond donors (Lipinski definition) is 0. The summed E-state index contributed by atoms with van der Waals surface area (Å²) in [5.74, 6) is -1.11. The molecule has 1 aliphatic heterocycles. The SMILES string of the molecule is O=C(c1ccc(Cl)cc1)N1CCC(Oc2ccc(-c3noc(C(F)(F)F)n3)cc2)C1. The number of carbonyl (C=O) groups is 1. The van der Waals surface area contributed by atoms with Crippen molar-refractivity contribution in [3.05, 3.63) is 65.0 Å². The Morgan fingerprint density at radius 1 is 1.13 bits per heavy atom. The molecule has 2 heterocycles. The van der Waals surface area contributed by atoms with Gasteiger partial charge in [-0.1, -0.05) is 16.8 Å². The van der Waals surface area contributed by atoms with Crippen LogP contribution in [0, 0.1) is 0 Å². The number of halogens is 4. The van der Waals surface area contributed by atoms with E-state index >= 15 is 0 Å². The van der Waals surface area contributed by atoms with Gasteiger partial charge in [-0.05, 0) is 48.5 Å². The van der Waals surface area contributed by atoms with Crippen molar-refractivity contribution < 1.29 is 27.2 Å². The fourth-order valence-corrected chi connectivity index (χ4v) is 3.24.